The van der Waals surface area contributed by atoms with Gasteiger partial charge in [0.2, 0.25) is 11.8 Å². The maximum absolute atomic E-state index is 15.2. The van der Waals surface area contributed by atoms with Crippen LogP contribution in [0.5, 0.6) is 5.75 Å². The molecule has 1 fully saturated rings. The number of benzene rings is 3. The van der Waals surface area contributed by atoms with Crippen LogP contribution in [-0.4, -0.2) is 48.2 Å². The number of fused-ring (bicyclic) bond motifs is 1. The number of carbonyl (C=O) groups is 2. The molecule has 3 aromatic carbocycles. The lowest BCUT2D eigenvalue weighted by Crippen LogP contribution is -2.47. The molecule has 3 heterocycles. The van der Waals surface area contributed by atoms with E-state index >= 15 is 4.39 Å². The lowest BCUT2D eigenvalue weighted by Gasteiger charge is -2.34. The molecule has 0 radical (unpaired) electrons. The van der Waals surface area contributed by atoms with Crippen molar-refractivity contribution in [3.8, 4) is 22.9 Å². The van der Waals surface area contributed by atoms with Crippen LogP contribution in [0.1, 0.15) is 57.8 Å². The van der Waals surface area contributed by atoms with Gasteiger partial charge in [-0.3, -0.25) is 18.7 Å². The van der Waals surface area contributed by atoms with Crippen molar-refractivity contribution in [3.63, 3.8) is 0 Å². The standard InChI is InChI=1S/C34H29BrClFN6O5/c1-18-16-42-29(17-41(18)33(45)20-6-13-26(35)27(36)14-20)30(43(34(42)46)21-7-9-22(10-8-21)48-23-11-12-23)31(44)38-15-25-24(4-3-5-28(25)37)32-40-39-19(2)47-32/h3-10,13-14,18,23H,11-12,15-17H2,1-2H3,(H,38,44). The molecule has 1 saturated carbocycles. The number of hydrogen-bond donors (Lipinski definition) is 1. The van der Waals surface area contributed by atoms with Crippen molar-refractivity contribution in [1.29, 1.82) is 0 Å². The number of halogens is 3. The van der Waals surface area contributed by atoms with Gasteiger partial charge in [-0.25, -0.2) is 9.18 Å². The number of imidazole rings is 1. The zero-order chi connectivity index (χ0) is 33.7. The molecule has 5 aromatic rings. The minimum atomic E-state index is -0.635. The molecule has 0 spiro atoms. The maximum atomic E-state index is 15.2. The molecule has 1 atom stereocenters. The first-order valence-electron chi connectivity index (χ1n) is 15.3. The minimum absolute atomic E-state index is 0.0286. The van der Waals surface area contributed by atoms with Crippen LogP contribution in [0.25, 0.3) is 17.1 Å². The Balaban J connectivity index is 1.27. The number of nitrogens with zero attached hydrogens (tertiary/aromatic N) is 5. The normalized spacial score (nSPS) is 15.7. The summed E-state index contributed by atoms with van der Waals surface area (Å²) in [4.78, 5) is 43.6. The molecule has 246 valence electrons. The van der Waals surface area contributed by atoms with Gasteiger partial charge in [-0.15, -0.1) is 10.2 Å². The van der Waals surface area contributed by atoms with E-state index in [-0.39, 0.29) is 54.8 Å². The third-order valence-electron chi connectivity index (χ3n) is 8.41. The highest BCUT2D eigenvalue weighted by atomic mass is 79.9. The summed E-state index contributed by atoms with van der Waals surface area (Å²) >= 11 is 9.65. The highest BCUT2D eigenvalue weighted by Gasteiger charge is 2.36. The van der Waals surface area contributed by atoms with Gasteiger partial charge in [0.1, 0.15) is 17.3 Å². The topological polar surface area (TPSA) is 124 Å². The van der Waals surface area contributed by atoms with Crippen molar-refractivity contribution < 1.29 is 23.1 Å². The Labute approximate surface area is 287 Å². The molecule has 2 aliphatic rings. The Kier molecular flexibility index (Phi) is 8.42. The van der Waals surface area contributed by atoms with Crippen molar-refractivity contribution in [3.05, 3.63) is 115 Å². The largest absolute Gasteiger partial charge is 0.490 e. The fourth-order valence-corrected chi connectivity index (χ4v) is 6.23. The highest BCUT2D eigenvalue weighted by molar-refractivity contribution is 9.10. The van der Waals surface area contributed by atoms with Crippen LogP contribution in [0.2, 0.25) is 5.02 Å². The predicted octanol–water partition coefficient (Wildman–Crippen LogP) is 6.07. The number of ether oxygens (including phenoxy) is 1. The predicted molar refractivity (Wildman–Crippen MR) is 178 cm³/mol. The van der Waals surface area contributed by atoms with Crippen molar-refractivity contribution in [2.45, 2.75) is 58.5 Å². The number of nitrogens with one attached hydrogen (secondary N) is 1. The molecule has 1 unspecified atom stereocenters. The maximum Gasteiger partial charge on any atom is 0.333 e. The van der Waals surface area contributed by atoms with Gasteiger partial charge in [0.05, 0.1) is 29.1 Å². The number of aryl methyl sites for hydroxylation is 1. The van der Waals surface area contributed by atoms with Crippen molar-refractivity contribution in [1.82, 2.24) is 29.5 Å². The molecule has 1 aliphatic carbocycles. The van der Waals surface area contributed by atoms with Crippen LogP contribution >= 0.6 is 27.5 Å². The lowest BCUT2D eigenvalue weighted by molar-refractivity contribution is 0.0610. The van der Waals surface area contributed by atoms with Crippen LogP contribution in [0, 0.1) is 12.7 Å². The van der Waals surface area contributed by atoms with Crippen molar-refractivity contribution >= 4 is 39.3 Å². The molecule has 0 bridgehead atoms. The molecular formula is C34H29BrClFN6O5. The monoisotopic (exact) mass is 734 g/mol. The molecule has 11 nitrogen and oxygen atoms in total. The molecule has 1 aliphatic heterocycles. The first-order chi connectivity index (χ1) is 23.1. The van der Waals surface area contributed by atoms with Crippen LogP contribution in [-0.2, 0) is 19.6 Å². The van der Waals surface area contributed by atoms with Gasteiger partial charge in [0.25, 0.3) is 11.8 Å². The van der Waals surface area contributed by atoms with Gasteiger partial charge < -0.3 is 19.4 Å². The summed E-state index contributed by atoms with van der Waals surface area (Å²) in [6.07, 6.45) is 2.17. The summed E-state index contributed by atoms with van der Waals surface area (Å²) in [5, 5.41) is 11.0. The first-order valence-corrected chi connectivity index (χ1v) is 16.5. The molecule has 7 rings (SSSR count). The zero-order valence-electron chi connectivity index (χ0n) is 25.9. The molecular weight excluding hydrogens is 707 g/mol. The second kappa shape index (κ2) is 12.7. The van der Waals surface area contributed by atoms with Crippen LogP contribution in [0.15, 0.2) is 74.3 Å². The smallest absolute Gasteiger partial charge is 0.333 e. The van der Waals surface area contributed by atoms with E-state index in [1.807, 2.05) is 6.92 Å². The molecule has 14 heteroatoms. The first kappa shape index (κ1) is 31.8. The second-order valence-electron chi connectivity index (χ2n) is 11.8. The number of aromatic nitrogens is 4. The Morgan fingerprint density at radius 2 is 1.90 bits per heavy atom. The van der Waals surface area contributed by atoms with Crippen LogP contribution in [0.3, 0.4) is 0 Å². The summed E-state index contributed by atoms with van der Waals surface area (Å²) in [6.45, 7) is 3.33. The summed E-state index contributed by atoms with van der Waals surface area (Å²) < 4.78 is 30.1. The van der Waals surface area contributed by atoms with E-state index < -0.39 is 17.4 Å². The third-order valence-corrected chi connectivity index (χ3v) is 9.64. The third kappa shape index (κ3) is 6.03. The molecule has 2 aromatic heterocycles. The van der Waals surface area contributed by atoms with Gasteiger partial charge in [0.15, 0.2) is 0 Å². The SMILES string of the molecule is Cc1nnc(-c2cccc(F)c2CNC(=O)c2c3n(c(=O)n2-c2ccc(OC4CC4)cc2)CC(C)N(C(=O)c2ccc(Br)c(Cl)c2)C3)o1. The van der Waals surface area contributed by atoms with Gasteiger partial charge in [0, 0.05) is 47.2 Å². The number of carbonyl (C=O) groups excluding carboxylic acids is 2. The average molecular weight is 736 g/mol. The Bertz CT molecular complexity index is 2120. The van der Waals surface area contributed by atoms with E-state index in [2.05, 4.69) is 31.4 Å². The van der Waals surface area contributed by atoms with Crippen LogP contribution < -0.4 is 15.7 Å². The Hall–Kier alpha value is -4.75. The summed E-state index contributed by atoms with van der Waals surface area (Å²) in [6, 6.07) is 15.9. The summed E-state index contributed by atoms with van der Waals surface area (Å²) in [5.41, 5.74) is 1.20. The fourth-order valence-electron chi connectivity index (χ4n) is 5.80. The summed E-state index contributed by atoms with van der Waals surface area (Å²) in [7, 11) is 0. The summed E-state index contributed by atoms with van der Waals surface area (Å²) in [5.74, 6) is -0.443. The second-order valence-corrected chi connectivity index (χ2v) is 13.1. The molecule has 0 saturated heterocycles. The highest BCUT2D eigenvalue weighted by Crippen LogP contribution is 2.30. The quantitative estimate of drug-likeness (QED) is 0.205. The zero-order valence-corrected chi connectivity index (χ0v) is 28.2. The van der Waals surface area contributed by atoms with E-state index in [0.29, 0.717) is 43.6 Å². The minimum Gasteiger partial charge on any atom is -0.490 e. The van der Waals surface area contributed by atoms with Gasteiger partial charge in [-0.05, 0) is 90.3 Å². The number of hydrogen-bond acceptors (Lipinski definition) is 7. The molecule has 48 heavy (non-hydrogen) atoms. The van der Waals surface area contributed by atoms with E-state index in [9.17, 15) is 14.4 Å². The van der Waals surface area contributed by atoms with Gasteiger partial charge >= 0.3 is 5.69 Å². The van der Waals surface area contributed by atoms with E-state index in [1.165, 1.54) is 21.3 Å². The van der Waals surface area contributed by atoms with Crippen LogP contribution in [0.4, 0.5) is 4.39 Å². The van der Waals surface area contributed by atoms with Gasteiger partial charge in [-0.2, -0.15) is 0 Å². The van der Waals surface area contributed by atoms with E-state index in [0.717, 1.165) is 12.8 Å². The van der Waals surface area contributed by atoms with E-state index in [4.69, 9.17) is 20.8 Å². The van der Waals surface area contributed by atoms with Crippen molar-refractivity contribution in [2.24, 2.45) is 0 Å². The number of amides is 2. The molecule has 1 N–H and O–H groups in total. The average Bonchev–Trinajstić information content (AvgIpc) is 3.71. The Morgan fingerprint density at radius 1 is 1.12 bits per heavy atom. The fraction of sp³-hybridized carbons (Fsp3) is 0.265. The number of rotatable bonds is 8. The van der Waals surface area contributed by atoms with Crippen molar-refractivity contribution in [2.75, 3.05) is 0 Å². The van der Waals surface area contributed by atoms with Gasteiger partial charge in [-0.1, -0.05) is 17.7 Å². The molecule has 2 amide bonds. The van der Waals surface area contributed by atoms with E-state index in [1.54, 1.807) is 60.4 Å². The lowest BCUT2D eigenvalue weighted by atomic mass is 10.1. The Morgan fingerprint density at radius 3 is 2.58 bits per heavy atom.